The molecule has 0 bridgehead atoms. The van der Waals surface area contributed by atoms with E-state index >= 15 is 0 Å². The molecule has 0 saturated heterocycles. The Hall–Kier alpha value is -1.58. The fourth-order valence-electron chi connectivity index (χ4n) is 2.32. The first kappa shape index (κ1) is 13.8. The number of benzene rings is 1. The highest BCUT2D eigenvalue weighted by molar-refractivity contribution is 8.00. The number of hydrogen-bond acceptors (Lipinski definition) is 5. The predicted octanol–water partition coefficient (Wildman–Crippen LogP) is 2.72. The number of nitrogens with zero attached hydrogens (tertiary/aromatic N) is 2. The minimum atomic E-state index is -0.404. The molecule has 5 nitrogen and oxygen atoms in total. The molecule has 2 rings (SSSR count). The van der Waals surface area contributed by atoms with E-state index < -0.39 is 10.5 Å². The molecule has 1 saturated carbocycles. The van der Waals surface area contributed by atoms with E-state index in [-0.39, 0.29) is 5.69 Å². The predicted molar refractivity (Wildman–Crippen MR) is 74.0 cm³/mol. The molecule has 1 N–H and O–H groups in total. The molecule has 1 fully saturated rings. The molecule has 1 aromatic rings. The first-order valence-electron chi connectivity index (χ1n) is 6.10. The lowest BCUT2D eigenvalue weighted by Crippen LogP contribution is -2.38. The number of nitriles is 1. The molecule has 0 aromatic heterocycles. The quantitative estimate of drug-likeness (QED) is 0.676. The van der Waals surface area contributed by atoms with Gasteiger partial charge in [-0.15, -0.1) is 11.8 Å². The molecule has 1 aromatic carbocycles. The number of nitro benzene ring substituents is 1. The highest BCUT2D eigenvalue weighted by atomic mass is 32.2. The standard InChI is InChI=1S/C13H15N3O2S/c1-15-13(9-14)7-6-12(8-13)19-11-4-2-10(3-5-11)16(17)18/h2-5,12,15H,6-8H2,1H3. The smallest absolute Gasteiger partial charge is 0.269 e. The van der Waals surface area contributed by atoms with Crippen molar-refractivity contribution in [1.82, 2.24) is 5.32 Å². The summed E-state index contributed by atoms with van der Waals surface area (Å²) >= 11 is 1.69. The number of thioether (sulfide) groups is 1. The van der Waals surface area contributed by atoms with Gasteiger partial charge in [-0.05, 0) is 38.4 Å². The van der Waals surface area contributed by atoms with Crippen LogP contribution in [0.1, 0.15) is 19.3 Å². The van der Waals surface area contributed by atoms with Crippen molar-refractivity contribution in [2.45, 2.75) is 34.9 Å². The minimum Gasteiger partial charge on any atom is -0.302 e. The van der Waals surface area contributed by atoms with Crippen LogP contribution < -0.4 is 5.32 Å². The first-order chi connectivity index (χ1) is 9.08. The van der Waals surface area contributed by atoms with Crippen LogP contribution in [-0.4, -0.2) is 22.8 Å². The van der Waals surface area contributed by atoms with Gasteiger partial charge < -0.3 is 5.32 Å². The third-order valence-corrected chi connectivity index (χ3v) is 4.79. The maximum Gasteiger partial charge on any atom is 0.269 e. The largest absolute Gasteiger partial charge is 0.302 e. The van der Waals surface area contributed by atoms with Crippen LogP contribution >= 0.6 is 11.8 Å². The second-order valence-corrected chi connectivity index (χ2v) is 6.05. The van der Waals surface area contributed by atoms with Gasteiger partial charge in [0.1, 0.15) is 5.54 Å². The van der Waals surface area contributed by atoms with Crippen molar-refractivity contribution in [2.75, 3.05) is 7.05 Å². The summed E-state index contributed by atoms with van der Waals surface area (Å²) in [6, 6.07) is 8.94. The van der Waals surface area contributed by atoms with E-state index in [1.165, 1.54) is 12.1 Å². The van der Waals surface area contributed by atoms with Crippen LogP contribution in [0.2, 0.25) is 0 Å². The Balaban J connectivity index is 2.00. The van der Waals surface area contributed by atoms with Gasteiger partial charge >= 0.3 is 0 Å². The molecule has 2 unspecified atom stereocenters. The van der Waals surface area contributed by atoms with Crippen molar-refractivity contribution < 1.29 is 4.92 Å². The summed E-state index contributed by atoms with van der Waals surface area (Å²) < 4.78 is 0. The number of hydrogen-bond donors (Lipinski definition) is 1. The highest BCUT2D eigenvalue weighted by Gasteiger charge is 2.38. The van der Waals surface area contributed by atoms with Gasteiger partial charge in [-0.2, -0.15) is 5.26 Å². The average Bonchev–Trinajstić information content (AvgIpc) is 2.83. The monoisotopic (exact) mass is 277 g/mol. The van der Waals surface area contributed by atoms with Crippen molar-refractivity contribution in [3.05, 3.63) is 34.4 Å². The molecule has 2 atom stereocenters. The van der Waals surface area contributed by atoms with E-state index in [2.05, 4.69) is 11.4 Å². The molecule has 19 heavy (non-hydrogen) atoms. The second-order valence-electron chi connectivity index (χ2n) is 4.68. The van der Waals surface area contributed by atoms with E-state index in [9.17, 15) is 15.4 Å². The van der Waals surface area contributed by atoms with Gasteiger partial charge in [-0.25, -0.2) is 0 Å². The molecule has 0 radical (unpaired) electrons. The Morgan fingerprint density at radius 2 is 2.21 bits per heavy atom. The normalized spacial score (nSPS) is 26.0. The number of non-ortho nitro benzene ring substituents is 1. The zero-order chi connectivity index (χ0) is 13.9. The summed E-state index contributed by atoms with van der Waals surface area (Å²) in [6.07, 6.45) is 2.64. The van der Waals surface area contributed by atoms with E-state index in [1.54, 1.807) is 23.9 Å². The van der Waals surface area contributed by atoms with Crippen molar-refractivity contribution in [1.29, 1.82) is 5.26 Å². The van der Waals surface area contributed by atoms with Crippen LogP contribution in [0.3, 0.4) is 0 Å². The van der Waals surface area contributed by atoms with Crippen molar-refractivity contribution in [2.24, 2.45) is 0 Å². The number of nitrogens with one attached hydrogen (secondary N) is 1. The Bertz CT molecular complexity index is 512. The van der Waals surface area contributed by atoms with E-state index in [0.29, 0.717) is 5.25 Å². The van der Waals surface area contributed by atoms with E-state index in [4.69, 9.17) is 0 Å². The summed E-state index contributed by atoms with van der Waals surface area (Å²) in [5.41, 5.74) is -0.296. The Morgan fingerprint density at radius 1 is 1.53 bits per heavy atom. The van der Waals surface area contributed by atoms with Gasteiger partial charge in [0, 0.05) is 22.3 Å². The Kier molecular flexibility index (Phi) is 4.08. The van der Waals surface area contributed by atoms with Crippen molar-refractivity contribution in [3.8, 4) is 6.07 Å². The SMILES string of the molecule is CNC1(C#N)CCC(Sc2ccc([N+](=O)[O-])cc2)C1. The van der Waals surface area contributed by atoms with E-state index in [0.717, 1.165) is 24.2 Å². The van der Waals surface area contributed by atoms with Crippen molar-refractivity contribution in [3.63, 3.8) is 0 Å². The third kappa shape index (κ3) is 3.06. The number of nitro groups is 1. The molecular formula is C13H15N3O2S. The van der Waals surface area contributed by atoms with Gasteiger partial charge in [-0.1, -0.05) is 0 Å². The lowest BCUT2D eigenvalue weighted by Gasteiger charge is -2.19. The highest BCUT2D eigenvalue weighted by Crippen LogP contribution is 2.40. The molecule has 6 heteroatoms. The van der Waals surface area contributed by atoms with Crippen LogP contribution in [0.15, 0.2) is 29.2 Å². The summed E-state index contributed by atoms with van der Waals surface area (Å²) in [5, 5.41) is 23.3. The fraction of sp³-hybridized carbons (Fsp3) is 0.462. The minimum absolute atomic E-state index is 0.109. The van der Waals surface area contributed by atoms with Crippen LogP contribution in [0, 0.1) is 21.4 Å². The average molecular weight is 277 g/mol. The van der Waals surface area contributed by atoms with E-state index in [1.807, 2.05) is 7.05 Å². The number of rotatable bonds is 4. The molecule has 1 aliphatic rings. The van der Waals surface area contributed by atoms with Crippen LogP contribution in [0.25, 0.3) is 0 Å². The Labute approximate surface area is 116 Å². The van der Waals surface area contributed by atoms with Gasteiger partial charge in [0.2, 0.25) is 0 Å². The zero-order valence-electron chi connectivity index (χ0n) is 10.6. The van der Waals surface area contributed by atoms with Crippen LogP contribution in [-0.2, 0) is 0 Å². The molecule has 0 heterocycles. The van der Waals surface area contributed by atoms with Crippen LogP contribution in [0.5, 0.6) is 0 Å². The third-order valence-electron chi connectivity index (χ3n) is 3.51. The molecule has 0 amide bonds. The summed E-state index contributed by atoms with van der Waals surface area (Å²) in [7, 11) is 1.82. The summed E-state index contributed by atoms with van der Waals surface area (Å²) in [4.78, 5) is 11.2. The topological polar surface area (TPSA) is 79.0 Å². The van der Waals surface area contributed by atoms with Gasteiger partial charge in [0.15, 0.2) is 0 Å². The Morgan fingerprint density at radius 3 is 2.68 bits per heavy atom. The van der Waals surface area contributed by atoms with Crippen LogP contribution in [0.4, 0.5) is 5.69 Å². The molecule has 0 aliphatic heterocycles. The second kappa shape index (κ2) is 5.59. The lowest BCUT2D eigenvalue weighted by molar-refractivity contribution is -0.384. The maximum atomic E-state index is 10.6. The lowest BCUT2D eigenvalue weighted by atomic mass is 10.0. The fourth-order valence-corrected chi connectivity index (χ4v) is 3.61. The maximum absolute atomic E-state index is 10.6. The zero-order valence-corrected chi connectivity index (χ0v) is 11.4. The first-order valence-corrected chi connectivity index (χ1v) is 6.98. The summed E-state index contributed by atoms with van der Waals surface area (Å²) in [5.74, 6) is 0. The van der Waals surface area contributed by atoms with Gasteiger partial charge in [-0.3, -0.25) is 10.1 Å². The molecular weight excluding hydrogens is 262 g/mol. The van der Waals surface area contributed by atoms with Gasteiger partial charge in [0.05, 0.1) is 11.0 Å². The summed E-state index contributed by atoms with van der Waals surface area (Å²) in [6.45, 7) is 0. The molecule has 0 spiro atoms. The molecule has 100 valence electrons. The van der Waals surface area contributed by atoms with Crippen molar-refractivity contribution >= 4 is 17.4 Å². The molecule has 1 aliphatic carbocycles. The van der Waals surface area contributed by atoms with Gasteiger partial charge in [0.25, 0.3) is 5.69 Å².